The number of carbonyl (C=O) groups is 1. The molecule has 1 amide bonds. The number of para-hydroxylation sites is 2. The predicted octanol–water partition coefficient (Wildman–Crippen LogP) is 3.10. The van der Waals surface area contributed by atoms with Gasteiger partial charge in [0.1, 0.15) is 5.75 Å². The molecule has 1 N–H and O–H groups in total. The Labute approximate surface area is 164 Å². The number of nitrogens with zero attached hydrogens (tertiary/aromatic N) is 2. The topological polar surface area (TPSA) is 44.8 Å². The molecule has 4 rings (SSSR count). The summed E-state index contributed by atoms with van der Waals surface area (Å²) in [5, 5.41) is 3.96. The van der Waals surface area contributed by atoms with E-state index in [2.05, 4.69) is 15.1 Å². The average molecular weight is 386 g/mol. The molecule has 2 heterocycles. The van der Waals surface area contributed by atoms with Crippen molar-refractivity contribution in [2.24, 2.45) is 0 Å². The SMILES string of the molecule is O=C(CN1CCN(c2ccccc2Cl)CC1)NC1CCOc2ccccc21. The molecule has 2 aromatic rings. The number of rotatable bonds is 4. The Bertz CT molecular complexity index is 806. The quantitative estimate of drug-likeness (QED) is 0.878. The monoisotopic (exact) mass is 385 g/mol. The molecule has 2 aliphatic heterocycles. The predicted molar refractivity (Wildman–Crippen MR) is 108 cm³/mol. The number of nitrogens with one attached hydrogen (secondary N) is 1. The highest BCUT2D eigenvalue weighted by Gasteiger charge is 2.25. The lowest BCUT2D eigenvalue weighted by Crippen LogP contribution is -2.50. The van der Waals surface area contributed by atoms with E-state index in [9.17, 15) is 4.79 Å². The van der Waals surface area contributed by atoms with Gasteiger partial charge in [0.05, 0.1) is 29.9 Å². The van der Waals surface area contributed by atoms with Gasteiger partial charge >= 0.3 is 0 Å². The molecule has 0 spiro atoms. The Morgan fingerprint density at radius 3 is 2.63 bits per heavy atom. The first-order valence-electron chi connectivity index (χ1n) is 9.43. The molecule has 1 unspecified atom stereocenters. The van der Waals surface area contributed by atoms with Crippen LogP contribution in [0.5, 0.6) is 5.75 Å². The van der Waals surface area contributed by atoms with Gasteiger partial charge in [-0.1, -0.05) is 41.9 Å². The van der Waals surface area contributed by atoms with E-state index in [0.717, 1.165) is 54.6 Å². The minimum Gasteiger partial charge on any atom is -0.493 e. The molecule has 0 aromatic heterocycles. The van der Waals surface area contributed by atoms with E-state index >= 15 is 0 Å². The summed E-state index contributed by atoms with van der Waals surface area (Å²) >= 11 is 6.30. The Hall–Kier alpha value is -2.24. The first kappa shape index (κ1) is 18.1. The normalized spacial score (nSPS) is 19.9. The molecular formula is C21H24ClN3O2. The van der Waals surface area contributed by atoms with Crippen LogP contribution < -0.4 is 15.0 Å². The molecule has 142 valence electrons. The van der Waals surface area contributed by atoms with Gasteiger partial charge in [-0.25, -0.2) is 0 Å². The molecule has 1 atom stereocenters. The molecule has 0 aliphatic carbocycles. The highest BCUT2D eigenvalue weighted by Crippen LogP contribution is 2.31. The van der Waals surface area contributed by atoms with Crippen molar-refractivity contribution in [1.82, 2.24) is 10.2 Å². The van der Waals surface area contributed by atoms with E-state index in [-0.39, 0.29) is 11.9 Å². The fourth-order valence-electron chi connectivity index (χ4n) is 3.79. The van der Waals surface area contributed by atoms with Crippen LogP contribution in [0.15, 0.2) is 48.5 Å². The number of piperazine rings is 1. The largest absolute Gasteiger partial charge is 0.493 e. The Morgan fingerprint density at radius 2 is 1.81 bits per heavy atom. The number of hydrogen-bond donors (Lipinski definition) is 1. The number of anilines is 1. The molecule has 0 bridgehead atoms. The van der Waals surface area contributed by atoms with Gasteiger partial charge in [-0.2, -0.15) is 0 Å². The van der Waals surface area contributed by atoms with E-state index in [0.29, 0.717) is 13.2 Å². The van der Waals surface area contributed by atoms with Crippen molar-refractivity contribution < 1.29 is 9.53 Å². The highest BCUT2D eigenvalue weighted by molar-refractivity contribution is 6.33. The van der Waals surface area contributed by atoms with Gasteiger partial charge in [-0.15, -0.1) is 0 Å². The minimum atomic E-state index is 0.0341. The summed E-state index contributed by atoms with van der Waals surface area (Å²) in [4.78, 5) is 17.1. The average Bonchev–Trinajstić information content (AvgIpc) is 2.69. The van der Waals surface area contributed by atoms with E-state index < -0.39 is 0 Å². The lowest BCUT2D eigenvalue weighted by molar-refractivity contribution is -0.123. The number of benzene rings is 2. The van der Waals surface area contributed by atoms with Gasteiger partial charge in [-0.05, 0) is 18.2 Å². The fraction of sp³-hybridized carbons (Fsp3) is 0.381. The standard InChI is InChI=1S/C21H24ClN3O2/c22-17-6-2-3-7-19(17)25-12-10-24(11-13-25)15-21(26)23-18-9-14-27-20-8-4-1-5-16(18)20/h1-8,18H,9-15H2,(H,23,26). The van der Waals surface area contributed by atoms with Gasteiger partial charge in [0.2, 0.25) is 5.91 Å². The Balaban J connectivity index is 1.30. The summed E-state index contributed by atoms with van der Waals surface area (Å²) in [6.07, 6.45) is 0.809. The number of hydrogen-bond acceptors (Lipinski definition) is 4. The van der Waals surface area contributed by atoms with Crippen molar-refractivity contribution in [3.63, 3.8) is 0 Å². The maximum absolute atomic E-state index is 12.6. The van der Waals surface area contributed by atoms with Crippen LogP contribution >= 0.6 is 11.6 Å². The van der Waals surface area contributed by atoms with Crippen LogP contribution in [0.4, 0.5) is 5.69 Å². The van der Waals surface area contributed by atoms with Gasteiger partial charge in [-0.3, -0.25) is 9.69 Å². The Morgan fingerprint density at radius 1 is 1.07 bits per heavy atom. The molecular weight excluding hydrogens is 362 g/mol. The van der Waals surface area contributed by atoms with Crippen LogP contribution in [0, 0.1) is 0 Å². The van der Waals surface area contributed by atoms with Crippen LogP contribution in [0.3, 0.4) is 0 Å². The summed E-state index contributed by atoms with van der Waals surface area (Å²) in [5.41, 5.74) is 2.14. The van der Waals surface area contributed by atoms with Crippen molar-refractivity contribution in [3.8, 4) is 5.75 Å². The molecule has 1 saturated heterocycles. The lowest BCUT2D eigenvalue weighted by Gasteiger charge is -2.36. The maximum Gasteiger partial charge on any atom is 0.234 e. The summed E-state index contributed by atoms with van der Waals surface area (Å²) in [6, 6.07) is 15.9. The van der Waals surface area contributed by atoms with E-state index in [1.165, 1.54) is 0 Å². The third kappa shape index (κ3) is 4.20. The lowest BCUT2D eigenvalue weighted by atomic mass is 10.0. The molecule has 5 nitrogen and oxygen atoms in total. The second-order valence-corrected chi connectivity index (χ2v) is 7.42. The zero-order chi connectivity index (χ0) is 18.6. The van der Waals surface area contributed by atoms with Gasteiger partial charge in [0.25, 0.3) is 0 Å². The highest BCUT2D eigenvalue weighted by atomic mass is 35.5. The number of halogens is 1. The second kappa shape index (κ2) is 8.19. The van der Waals surface area contributed by atoms with Crippen LogP contribution in [0.25, 0.3) is 0 Å². The van der Waals surface area contributed by atoms with E-state index in [4.69, 9.17) is 16.3 Å². The summed E-state index contributed by atoms with van der Waals surface area (Å²) < 4.78 is 5.67. The summed E-state index contributed by atoms with van der Waals surface area (Å²) in [6.45, 7) is 4.51. The fourth-order valence-corrected chi connectivity index (χ4v) is 4.05. The van der Waals surface area contributed by atoms with Gasteiger partial charge < -0.3 is 15.0 Å². The molecule has 1 fully saturated rings. The minimum absolute atomic E-state index is 0.0341. The van der Waals surface area contributed by atoms with Gasteiger partial charge in [0.15, 0.2) is 0 Å². The molecule has 6 heteroatoms. The van der Waals surface area contributed by atoms with Crippen LogP contribution in [0.1, 0.15) is 18.0 Å². The van der Waals surface area contributed by atoms with Gasteiger partial charge in [0, 0.05) is 38.2 Å². The number of ether oxygens (including phenoxy) is 1. The number of carbonyl (C=O) groups excluding carboxylic acids is 1. The van der Waals surface area contributed by atoms with Crippen molar-refractivity contribution in [1.29, 1.82) is 0 Å². The smallest absolute Gasteiger partial charge is 0.234 e. The second-order valence-electron chi connectivity index (χ2n) is 7.01. The Kier molecular flexibility index (Phi) is 5.50. The third-order valence-electron chi connectivity index (χ3n) is 5.23. The van der Waals surface area contributed by atoms with Crippen LogP contribution in [-0.2, 0) is 4.79 Å². The number of amides is 1. The molecule has 2 aromatic carbocycles. The van der Waals surface area contributed by atoms with Crippen molar-refractivity contribution in [2.45, 2.75) is 12.5 Å². The first-order chi connectivity index (χ1) is 13.2. The zero-order valence-electron chi connectivity index (χ0n) is 15.2. The van der Waals surface area contributed by atoms with Crippen LogP contribution in [-0.4, -0.2) is 50.1 Å². The van der Waals surface area contributed by atoms with Crippen molar-refractivity contribution >= 4 is 23.2 Å². The maximum atomic E-state index is 12.6. The number of fused-ring (bicyclic) bond motifs is 1. The molecule has 2 aliphatic rings. The molecule has 0 saturated carbocycles. The van der Waals surface area contributed by atoms with E-state index in [1.54, 1.807) is 0 Å². The summed E-state index contributed by atoms with van der Waals surface area (Å²) in [7, 11) is 0. The summed E-state index contributed by atoms with van der Waals surface area (Å²) in [5.74, 6) is 0.949. The van der Waals surface area contributed by atoms with E-state index in [1.807, 2.05) is 48.5 Å². The first-order valence-corrected chi connectivity index (χ1v) is 9.81. The molecule has 27 heavy (non-hydrogen) atoms. The molecule has 0 radical (unpaired) electrons. The zero-order valence-corrected chi connectivity index (χ0v) is 16.0. The van der Waals surface area contributed by atoms with Crippen molar-refractivity contribution in [2.75, 3.05) is 44.2 Å². The third-order valence-corrected chi connectivity index (χ3v) is 5.55. The van der Waals surface area contributed by atoms with Crippen molar-refractivity contribution in [3.05, 3.63) is 59.1 Å². The van der Waals surface area contributed by atoms with Crippen LogP contribution in [0.2, 0.25) is 5.02 Å².